The van der Waals surface area contributed by atoms with Crippen LogP contribution in [0, 0.1) is 17.3 Å². The molecule has 4 rings (SSSR count). The fraction of sp³-hybridized carbons (Fsp3) is 0.765. The first-order valence-corrected chi connectivity index (χ1v) is 9.94. The summed E-state index contributed by atoms with van der Waals surface area (Å²) in [5.41, 5.74) is -0.865. The van der Waals surface area contributed by atoms with E-state index in [4.69, 9.17) is 0 Å². The van der Waals surface area contributed by atoms with Crippen LogP contribution in [0.1, 0.15) is 37.6 Å². The van der Waals surface area contributed by atoms with Crippen molar-refractivity contribution in [1.29, 1.82) is 0 Å². The van der Waals surface area contributed by atoms with Gasteiger partial charge in [-0.15, -0.1) is 10.2 Å². The molecule has 0 aromatic carbocycles. The predicted molar refractivity (Wildman–Crippen MR) is 93.6 cm³/mol. The van der Waals surface area contributed by atoms with Gasteiger partial charge in [0.05, 0.1) is 0 Å². The van der Waals surface area contributed by atoms with Gasteiger partial charge in [0.15, 0.2) is 0 Å². The van der Waals surface area contributed by atoms with Crippen molar-refractivity contribution in [3.8, 4) is 0 Å². The minimum Gasteiger partial charge on any atom is -0.481 e. The van der Waals surface area contributed by atoms with Crippen molar-refractivity contribution in [2.24, 2.45) is 17.3 Å². The van der Waals surface area contributed by atoms with Gasteiger partial charge in [-0.2, -0.15) is 0 Å². The number of aromatic nitrogens is 2. The number of aryl methyl sites for hydroxylation is 1. The quantitative estimate of drug-likeness (QED) is 0.855. The zero-order chi connectivity index (χ0) is 17.6. The molecule has 136 valence electrons. The van der Waals surface area contributed by atoms with Gasteiger partial charge in [0, 0.05) is 44.4 Å². The van der Waals surface area contributed by atoms with Gasteiger partial charge in [-0.1, -0.05) is 24.7 Å². The van der Waals surface area contributed by atoms with Crippen molar-refractivity contribution < 1.29 is 14.7 Å². The molecule has 0 spiro atoms. The fourth-order valence-corrected chi connectivity index (χ4v) is 5.23. The third kappa shape index (κ3) is 2.70. The lowest BCUT2D eigenvalue weighted by atomic mass is 9.81. The van der Waals surface area contributed by atoms with Crippen LogP contribution in [0.3, 0.4) is 0 Å². The van der Waals surface area contributed by atoms with E-state index in [1.807, 2.05) is 4.90 Å². The smallest absolute Gasteiger partial charge is 0.313 e. The summed E-state index contributed by atoms with van der Waals surface area (Å²) in [7, 11) is 0. The average molecular weight is 364 g/mol. The number of carbonyl (C=O) groups is 2. The summed E-state index contributed by atoms with van der Waals surface area (Å²) in [4.78, 5) is 28.5. The van der Waals surface area contributed by atoms with Gasteiger partial charge in [0.1, 0.15) is 10.4 Å². The lowest BCUT2D eigenvalue weighted by molar-refractivity contribution is -0.149. The Morgan fingerprint density at radius 2 is 2.08 bits per heavy atom. The summed E-state index contributed by atoms with van der Waals surface area (Å²) in [6, 6.07) is 0. The van der Waals surface area contributed by atoms with Gasteiger partial charge in [0.25, 0.3) is 0 Å². The highest BCUT2D eigenvalue weighted by atomic mass is 32.1. The molecule has 1 aromatic heterocycles. The van der Waals surface area contributed by atoms with Gasteiger partial charge < -0.3 is 14.9 Å². The third-order valence-electron chi connectivity index (χ3n) is 5.99. The van der Waals surface area contributed by atoms with E-state index in [-0.39, 0.29) is 17.7 Å². The first kappa shape index (κ1) is 16.8. The molecule has 2 saturated heterocycles. The van der Waals surface area contributed by atoms with Crippen LogP contribution in [0.4, 0.5) is 5.13 Å². The fourth-order valence-electron chi connectivity index (χ4n) is 4.28. The number of nitrogens with zero attached hydrogens (tertiary/aromatic N) is 4. The molecule has 1 N–H and O–H groups in total. The number of carbonyl (C=O) groups excluding carboxylic acids is 1. The van der Waals surface area contributed by atoms with Crippen molar-refractivity contribution in [3.63, 3.8) is 0 Å². The highest BCUT2D eigenvalue weighted by Gasteiger charge is 2.59. The Kier molecular flexibility index (Phi) is 4.17. The largest absolute Gasteiger partial charge is 0.481 e. The van der Waals surface area contributed by atoms with Crippen molar-refractivity contribution in [3.05, 3.63) is 5.01 Å². The molecule has 3 aliphatic rings. The molecule has 0 unspecified atom stereocenters. The normalized spacial score (nSPS) is 28.9. The van der Waals surface area contributed by atoms with E-state index in [2.05, 4.69) is 22.0 Å². The Balaban J connectivity index is 1.50. The first-order valence-electron chi connectivity index (χ1n) is 9.13. The minimum atomic E-state index is -0.865. The average Bonchev–Trinajstić information content (AvgIpc) is 3.16. The van der Waals surface area contributed by atoms with Crippen molar-refractivity contribution in [2.75, 3.05) is 31.1 Å². The van der Waals surface area contributed by atoms with E-state index < -0.39 is 11.4 Å². The molecular weight excluding hydrogens is 340 g/mol. The van der Waals surface area contributed by atoms with Crippen LogP contribution in [0.5, 0.6) is 0 Å². The number of carboxylic acids is 1. The van der Waals surface area contributed by atoms with Crippen LogP contribution in [-0.2, 0) is 16.0 Å². The summed E-state index contributed by atoms with van der Waals surface area (Å²) in [5.74, 6) is -0.538. The third-order valence-corrected chi connectivity index (χ3v) is 7.04. The Hall–Kier alpha value is -1.70. The summed E-state index contributed by atoms with van der Waals surface area (Å²) >= 11 is 1.56. The SMILES string of the molecule is CCCc1nnc(N2C[C@@H]3CN(C(=O)C4CCC4)C[C@]3(C(=O)O)C2)s1. The molecular formula is C17H24N4O3S. The lowest BCUT2D eigenvalue weighted by Crippen LogP contribution is -2.44. The monoisotopic (exact) mass is 364 g/mol. The molecule has 8 heteroatoms. The summed E-state index contributed by atoms with van der Waals surface area (Å²) < 4.78 is 0. The Morgan fingerprint density at radius 1 is 1.28 bits per heavy atom. The van der Waals surface area contributed by atoms with Gasteiger partial charge in [0.2, 0.25) is 11.0 Å². The van der Waals surface area contributed by atoms with E-state index in [9.17, 15) is 14.7 Å². The number of amides is 1. The van der Waals surface area contributed by atoms with Crippen molar-refractivity contribution >= 4 is 28.3 Å². The molecule has 25 heavy (non-hydrogen) atoms. The predicted octanol–water partition coefficient (Wildman–Crippen LogP) is 1.64. The van der Waals surface area contributed by atoms with Gasteiger partial charge in [-0.05, 0) is 19.3 Å². The maximum absolute atomic E-state index is 12.5. The summed E-state index contributed by atoms with van der Waals surface area (Å²) in [6.45, 7) is 4.05. The van der Waals surface area contributed by atoms with Crippen LogP contribution in [0.15, 0.2) is 0 Å². The topological polar surface area (TPSA) is 86.6 Å². The number of anilines is 1. The van der Waals surface area contributed by atoms with E-state index in [0.717, 1.165) is 42.2 Å². The van der Waals surface area contributed by atoms with E-state index in [1.165, 1.54) is 0 Å². The zero-order valence-electron chi connectivity index (χ0n) is 14.5. The Morgan fingerprint density at radius 3 is 2.68 bits per heavy atom. The second kappa shape index (κ2) is 6.23. The van der Waals surface area contributed by atoms with E-state index in [0.29, 0.717) is 26.2 Å². The molecule has 0 radical (unpaired) electrons. The van der Waals surface area contributed by atoms with Crippen molar-refractivity contribution in [1.82, 2.24) is 15.1 Å². The molecule has 3 fully saturated rings. The van der Waals surface area contributed by atoms with Gasteiger partial charge in [-0.25, -0.2) is 0 Å². The zero-order valence-corrected chi connectivity index (χ0v) is 15.3. The number of fused-ring (bicyclic) bond motifs is 1. The van der Waals surface area contributed by atoms with Crippen LogP contribution in [0.2, 0.25) is 0 Å². The van der Waals surface area contributed by atoms with E-state index >= 15 is 0 Å². The van der Waals surface area contributed by atoms with Crippen molar-refractivity contribution in [2.45, 2.75) is 39.0 Å². The van der Waals surface area contributed by atoms with Gasteiger partial charge in [-0.3, -0.25) is 9.59 Å². The highest BCUT2D eigenvalue weighted by molar-refractivity contribution is 7.15. The van der Waals surface area contributed by atoms with Crippen LogP contribution in [-0.4, -0.2) is 58.3 Å². The first-order chi connectivity index (χ1) is 12.0. The number of hydrogen-bond acceptors (Lipinski definition) is 6. The van der Waals surface area contributed by atoms with Crippen LogP contribution >= 0.6 is 11.3 Å². The molecule has 1 saturated carbocycles. The summed E-state index contributed by atoms with van der Waals surface area (Å²) in [6.07, 6.45) is 4.95. The standard InChI is InChI=1S/C17H24N4O3S/c1-2-4-13-18-19-16(25-13)21-8-12-7-20(14(22)11-5-3-6-11)9-17(12,10-21)15(23)24/h11-12H,2-10H2,1H3,(H,23,24)/t12-,17-/m0/s1. The molecule has 7 nitrogen and oxygen atoms in total. The van der Waals surface area contributed by atoms with Gasteiger partial charge >= 0.3 is 5.97 Å². The molecule has 2 atom stereocenters. The van der Waals surface area contributed by atoms with Crippen LogP contribution in [0.25, 0.3) is 0 Å². The molecule has 1 aromatic rings. The molecule has 0 bridgehead atoms. The number of hydrogen-bond donors (Lipinski definition) is 1. The highest BCUT2D eigenvalue weighted by Crippen LogP contribution is 2.45. The minimum absolute atomic E-state index is 0.0347. The summed E-state index contributed by atoms with van der Waals surface area (Å²) in [5, 5.41) is 20.2. The van der Waals surface area contributed by atoms with E-state index in [1.54, 1.807) is 11.3 Å². The Bertz CT molecular complexity index is 689. The van der Waals surface area contributed by atoms with Crippen LogP contribution < -0.4 is 4.90 Å². The molecule has 3 heterocycles. The number of likely N-dealkylation sites (tertiary alicyclic amines) is 1. The number of aliphatic carboxylic acids is 1. The second-order valence-corrected chi connectivity index (χ2v) is 8.65. The number of rotatable bonds is 5. The molecule has 1 aliphatic carbocycles. The molecule has 1 amide bonds. The second-order valence-electron chi connectivity index (χ2n) is 7.61. The lowest BCUT2D eigenvalue weighted by Gasteiger charge is -2.31. The maximum atomic E-state index is 12.5. The maximum Gasteiger partial charge on any atom is 0.313 e. The molecule has 2 aliphatic heterocycles. The Labute approximate surface area is 151 Å². The number of carboxylic acid groups (broad SMARTS) is 1.